The van der Waals surface area contributed by atoms with Crippen LogP contribution < -0.4 is 16.8 Å². The summed E-state index contributed by atoms with van der Waals surface area (Å²) in [6.45, 7) is 2.73. The van der Waals surface area contributed by atoms with Gasteiger partial charge in [0.15, 0.2) is 0 Å². The lowest BCUT2D eigenvalue weighted by Crippen LogP contribution is -2.28. The first-order valence-electron chi connectivity index (χ1n) is 5.65. The highest BCUT2D eigenvalue weighted by Crippen LogP contribution is 2.23. The summed E-state index contributed by atoms with van der Waals surface area (Å²) in [6.07, 6.45) is 1.03. The topological polar surface area (TPSA) is 90.4 Å². The maximum atomic E-state index is 11.3. The quantitative estimate of drug-likeness (QED) is 0.680. The Morgan fingerprint density at radius 2 is 2.29 bits per heavy atom. The largest absolute Gasteiger partial charge is 0.399 e. The highest BCUT2D eigenvalue weighted by Gasteiger charge is 2.25. The van der Waals surface area contributed by atoms with Gasteiger partial charge in [0.2, 0.25) is 0 Å². The summed E-state index contributed by atoms with van der Waals surface area (Å²) >= 11 is 0. The van der Waals surface area contributed by atoms with E-state index in [4.69, 9.17) is 16.2 Å². The Kier molecular flexibility index (Phi) is 3.19. The van der Waals surface area contributed by atoms with Crippen LogP contribution in [-0.2, 0) is 4.74 Å². The van der Waals surface area contributed by atoms with Gasteiger partial charge in [-0.05, 0) is 31.5 Å². The van der Waals surface area contributed by atoms with Crippen LogP contribution in [0.2, 0.25) is 0 Å². The molecule has 1 fully saturated rings. The van der Waals surface area contributed by atoms with Crippen LogP contribution in [0, 0.1) is 0 Å². The van der Waals surface area contributed by atoms with Gasteiger partial charge in [-0.3, -0.25) is 4.79 Å². The molecule has 0 bridgehead atoms. The van der Waals surface area contributed by atoms with Gasteiger partial charge < -0.3 is 21.5 Å². The van der Waals surface area contributed by atoms with Crippen molar-refractivity contribution >= 4 is 17.3 Å². The molecule has 92 valence electrons. The third-order valence-electron chi connectivity index (χ3n) is 3.03. The smallest absolute Gasteiger partial charge is 0.250 e. The van der Waals surface area contributed by atoms with E-state index in [0.717, 1.165) is 13.0 Å². The van der Waals surface area contributed by atoms with Crippen molar-refractivity contribution in [2.45, 2.75) is 25.5 Å². The Hall–Kier alpha value is -1.75. The number of nitrogen functional groups attached to an aromatic ring is 1. The number of rotatable bonds is 3. The maximum Gasteiger partial charge on any atom is 0.250 e. The molecule has 1 saturated heterocycles. The summed E-state index contributed by atoms with van der Waals surface area (Å²) in [5.41, 5.74) is 12.8. The first kappa shape index (κ1) is 11.7. The summed E-state index contributed by atoms with van der Waals surface area (Å²) in [7, 11) is 0. The van der Waals surface area contributed by atoms with Crippen LogP contribution in [0.15, 0.2) is 18.2 Å². The highest BCUT2D eigenvalue weighted by atomic mass is 16.5. The number of hydrogen-bond donors (Lipinski definition) is 3. The molecule has 0 aliphatic carbocycles. The lowest BCUT2D eigenvalue weighted by atomic mass is 10.1. The lowest BCUT2D eigenvalue weighted by molar-refractivity contribution is 0.100. The van der Waals surface area contributed by atoms with Gasteiger partial charge >= 0.3 is 0 Å². The van der Waals surface area contributed by atoms with Gasteiger partial charge in [-0.25, -0.2) is 0 Å². The Bertz CT molecular complexity index is 434. The number of anilines is 2. The first-order chi connectivity index (χ1) is 8.08. The third kappa shape index (κ3) is 2.50. The SMILES string of the molecule is CC1OCCC1Nc1cc(N)ccc1C(N)=O. The van der Waals surface area contributed by atoms with Gasteiger partial charge in [0.25, 0.3) is 5.91 Å². The molecule has 1 heterocycles. The molecular formula is C12H17N3O2. The second kappa shape index (κ2) is 4.63. The molecule has 1 aromatic rings. The number of hydrogen-bond acceptors (Lipinski definition) is 4. The second-order valence-electron chi connectivity index (χ2n) is 4.28. The van der Waals surface area contributed by atoms with E-state index in [9.17, 15) is 4.79 Å². The Balaban J connectivity index is 2.24. The zero-order valence-electron chi connectivity index (χ0n) is 9.77. The van der Waals surface area contributed by atoms with Gasteiger partial charge in [0.1, 0.15) is 0 Å². The fraction of sp³-hybridized carbons (Fsp3) is 0.417. The fourth-order valence-electron chi connectivity index (χ4n) is 2.02. The Labute approximate surface area is 100 Å². The van der Waals surface area contributed by atoms with E-state index in [1.807, 2.05) is 6.92 Å². The predicted octanol–water partition coefficient (Wildman–Crippen LogP) is 0.957. The maximum absolute atomic E-state index is 11.3. The number of primary amides is 1. The van der Waals surface area contributed by atoms with E-state index < -0.39 is 5.91 Å². The zero-order valence-corrected chi connectivity index (χ0v) is 9.77. The molecule has 1 aromatic carbocycles. The van der Waals surface area contributed by atoms with Gasteiger partial charge in [0, 0.05) is 18.0 Å². The van der Waals surface area contributed by atoms with Crippen molar-refractivity contribution < 1.29 is 9.53 Å². The number of amides is 1. The predicted molar refractivity (Wildman–Crippen MR) is 66.8 cm³/mol. The van der Waals surface area contributed by atoms with Crippen LogP contribution in [-0.4, -0.2) is 24.7 Å². The summed E-state index contributed by atoms with van der Waals surface area (Å²) in [6, 6.07) is 5.22. The molecule has 5 heteroatoms. The van der Waals surface area contributed by atoms with E-state index >= 15 is 0 Å². The molecule has 1 amide bonds. The minimum absolute atomic E-state index is 0.122. The van der Waals surface area contributed by atoms with Crippen molar-refractivity contribution in [3.05, 3.63) is 23.8 Å². The summed E-state index contributed by atoms with van der Waals surface area (Å²) in [5.74, 6) is -0.459. The second-order valence-corrected chi connectivity index (χ2v) is 4.28. The molecule has 5 nitrogen and oxygen atoms in total. The molecule has 2 unspecified atom stereocenters. The number of carbonyl (C=O) groups excluding carboxylic acids is 1. The van der Waals surface area contributed by atoms with Crippen LogP contribution in [0.1, 0.15) is 23.7 Å². The molecule has 17 heavy (non-hydrogen) atoms. The van der Waals surface area contributed by atoms with Gasteiger partial charge in [0.05, 0.1) is 17.7 Å². The number of ether oxygens (including phenoxy) is 1. The van der Waals surface area contributed by atoms with Crippen LogP contribution >= 0.6 is 0 Å². The Morgan fingerprint density at radius 1 is 1.53 bits per heavy atom. The third-order valence-corrected chi connectivity index (χ3v) is 3.03. The average Bonchev–Trinajstić information content (AvgIpc) is 2.64. The van der Waals surface area contributed by atoms with E-state index in [1.54, 1.807) is 18.2 Å². The van der Waals surface area contributed by atoms with Crippen LogP contribution in [0.5, 0.6) is 0 Å². The van der Waals surface area contributed by atoms with Crippen molar-refractivity contribution in [3.8, 4) is 0 Å². The summed E-state index contributed by atoms with van der Waals surface area (Å²) < 4.78 is 5.46. The minimum atomic E-state index is -0.459. The van der Waals surface area contributed by atoms with Crippen molar-refractivity contribution in [1.82, 2.24) is 0 Å². The molecule has 1 aliphatic rings. The zero-order chi connectivity index (χ0) is 12.4. The fourth-order valence-corrected chi connectivity index (χ4v) is 2.02. The number of nitrogens with two attached hydrogens (primary N) is 2. The van der Waals surface area contributed by atoms with Crippen molar-refractivity contribution in [1.29, 1.82) is 0 Å². The lowest BCUT2D eigenvalue weighted by Gasteiger charge is -2.19. The molecule has 2 atom stereocenters. The van der Waals surface area contributed by atoms with Gasteiger partial charge in [-0.1, -0.05) is 0 Å². The number of nitrogens with one attached hydrogen (secondary N) is 1. The van der Waals surface area contributed by atoms with Crippen molar-refractivity contribution in [2.75, 3.05) is 17.7 Å². The van der Waals surface area contributed by atoms with Crippen LogP contribution in [0.3, 0.4) is 0 Å². The van der Waals surface area contributed by atoms with Gasteiger partial charge in [-0.2, -0.15) is 0 Å². The van der Waals surface area contributed by atoms with E-state index in [2.05, 4.69) is 5.32 Å². The molecule has 0 spiro atoms. The molecule has 0 aromatic heterocycles. The normalized spacial score (nSPS) is 23.6. The van der Waals surface area contributed by atoms with Crippen LogP contribution in [0.25, 0.3) is 0 Å². The van der Waals surface area contributed by atoms with Crippen molar-refractivity contribution in [3.63, 3.8) is 0 Å². The highest BCUT2D eigenvalue weighted by molar-refractivity contribution is 5.99. The van der Waals surface area contributed by atoms with Gasteiger partial charge in [-0.15, -0.1) is 0 Å². The molecule has 1 aliphatic heterocycles. The molecule has 0 radical (unpaired) electrons. The monoisotopic (exact) mass is 235 g/mol. The summed E-state index contributed by atoms with van der Waals surface area (Å²) in [4.78, 5) is 11.3. The number of benzene rings is 1. The van der Waals surface area contributed by atoms with Crippen LogP contribution in [0.4, 0.5) is 11.4 Å². The number of carbonyl (C=O) groups is 1. The van der Waals surface area contributed by atoms with E-state index in [0.29, 0.717) is 16.9 Å². The summed E-state index contributed by atoms with van der Waals surface area (Å²) in [5, 5.41) is 3.28. The van der Waals surface area contributed by atoms with E-state index in [-0.39, 0.29) is 12.1 Å². The molecule has 2 rings (SSSR count). The molecule has 0 saturated carbocycles. The Morgan fingerprint density at radius 3 is 2.88 bits per heavy atom. The van der Waals surface area contributed by atoms with Crippen molar-refractivity contribution in [2.24, 2.45) is 5.73 Å². The average molecular weight is 235 g/mol. The van der Waals surface area contributed by atoms with E-state index in [1.165, 1.54) is 0 Å². The minimum Gasteiger partial charge on any atom is -0.399 e. The molecule has 5 N–H and O–H groups in total. The molecular weight excluding hydrogens is 218 g/mol. The first-order valence-corrected chi connectivity index (χ1v) is 5.65. The standard InChI is InChI=1S/C12H17N3O2/c1-7-10(4-5-17-7)15-11-6-8(13)2-3-9(11)12(14)16/h2-3,6-7,10,15H,4-5,13H2,1H3,(H2,14,16).